The summed E-state index contributed by atoms with van der Waals surface area (Å²) in [5, 5.41) is 3.76. The maximum Gasteiger partial charge on any atom is 0.118 e. The van der Waals surface area contributed by atoms with Crippen molar-refractivity contribution in [3.8, 4) is 5.75 Å². The van der Waals surface area contributed by atoms with Crippen molar-refractivity contribution in [1.29, 1.82) is 0 Å². The summed E-state index contributed by atoms with van der Waals surface area (Å²) in [4.78, 5) is 0. The van der Waals surface area contributed by atoms with E-state index in [1.165, 1.54) is 5.56 Å². The molecule has 100 valence electrons. The lowest BCUT2D eigenvalue weighted by atomic mass is 10.0. The van der Waals surface area contributed by atoms with Gasteiger partial charge in [-0.3, -0.25) is 4.21 Å². The smallest absolute Gasteiger partial charge is 0.118 e. The lowest BCUT2D eigenvalue weighted by molar-refractivity contribution is 0.410. The van der Waals surface area contributed by atoms with Crippen molar-refractivity contribution >= 4 is 10.8 Å². The van der Waals surface area contributed by atoms with E-state index in [2.05, 4.69) is 31.3 Å². The highest BCUT2D eigenvalue weighted by Gasteiger charge is 2.32. The van der Waals surface area contributed by atoms with Gasteiger partial charge in [0.05, 0.1) is 12.4 Å². The van der Waals surface area contributed by atoms with Crippen LogP contribution in [0.2, 0.25) is 0 Å². The summed E-state index contributed by atoms with van der Waals surface area (Å²) in [6.07, 6.45) is 1.02. The molecule has 4 atom stereocenters. The van der Waals surface area contributed by atoms with Crippen molar-refractivity contribution in [2.24, 2.45) is 0 Å². The van der Waals surface area contributed by atoms with Gasteiger partial charge in [-0.15, -0.1) is 0 Å². The fourth-order valence-electron chi connectivity index (χ4n) is 2.35. The molecule has 18 heavy (non-hydrogen) atoms. The molecule has 1 aliphatic heterocycles. The van der Waals surface area contributed by atoms with Crippen LogP contribution in [0.25, 0.3) is 0 Å². The Morgan fingerprint density at radius 1 is 1.39 bits per heavy atom. The monoisotopic (exact) mass is 267 g/mol. The first-order chi connectivity index (χ1) is 8.65. The number of rotatable bonds is 3. The van der Waals surface area contributed by atoms with Crippen LogP contribution in [0.15, 0.2) is 24.3 Å². The first-order valence-electron chi connectivity index (χ1n) is 6.43. The predicted octanol–water partition coefficient (Wildman–Crippen LogP) is 2.26. The Hall–Kier alpha value is -0.870. The molecular weight excluding hydrogens is 246 g/mol. The summed E-state index contributed by atoms with van der Waals surface area (Å²) < 4.78 is 17.3. The van der Waals surface area contributed by atoms with Gasteiger partial charge in [-0.25, -0.2) is 0 Å². The quantitative estimate of drug-likeness (QED) is 0.913. The van der Waals surface area contributed by atoms with Crippen LogP contribution >= 0.6 is 0 Å². The number of nitrogens with one attached hydrogen (secondary N) is 1. The zero-order chi connectivity index (χ0) is 13.1. The molecule has 0 bridgehead atoms. The summed E-state index contributed by atoms with van der Waals surface area (Å²) in [7, 11) is 0.919. The lowest BCUT2D eigenvalue weighted by Gasteiger charge is -2.35. The maximum atomic E-state index is 12.1. The molecule has 3 nitrogen and oxygen atoms in total. The van der Waals surface area contributed by atoms with E-state index in [4.69, 9.17) is 4.74 Å². The van der Waals surface area contributed by atoms with Crippen LogP contribution in [0.5, 0.6) is 5.75 Å². The minimum atomic E-state index is -0.746. The molecule has 1 aromatic carbocycles. The number of hydrogen-bond acceptors (Lipinski definition) is 3. The minimum Gasteiger partial charge on any atom is -0.497 e. The molecule has 0 saturated carbocycles. The molecule has 1 aromatic rings. The average Bonchev–Trinajstić information content (AvgIpc) is 2.42. The van der Waals surface area contributed by atoms with Crippen LogP contribution in [0.1, 0.15) is 31.9 Å². The highest BCUT2D eigenvalue weighted by atomic mass is 32.2. The molecule has 0 aliphatic carbocycles. The van der Waals surface area contributed by atoms with Crippen LogP contribution in [0, 0.1) is 0 Å². The highest BCUT2D eigenvalue weighted by molar-refractivity contribution is 7.85. The van der Waals surface area contributed by atoms with E-state index in [0.717, 1.165) is 17.9 Å². The predicted molar refractivity (Wildman–Crippen MR) is 75.4 cm³/mol. The molecular formula is C14H21NO2S. The van der Waals surface area contributed by atoms with Crippen LogP contribution in [0.3, 0.4) is 0 Å². The van der Waals surface area contributed by atoms with Gasteiger partial charge in [0.15, 0.2) is 0 Å². The molecule has 4 heteroatoms. The van der Waals surface area contributed by atoms with Gasteiger partial charge in [0, 0.05) is 28.6 Å². The van der Waals surface area contributed by atoms with E-state index in [1.807, 2.05) is 12.1 Å². The van der Waals surface area contributed by atoms with Gasteiger partial charge in [0.2, 0.25) is 0 Å². The third kappa shape index (κ3) is 2.75. The van der Waals surface area contributed by atoms with E-state index >= 15 is 0 Å². The van der Waals surface area contributed by atoms with Crippen molar-refractivity contribution in [3.63, 3.8) is 0 Å². The highest BCUT2D eigenvalue weighted by Crippen LogP contribution is 2.27. The Bertz CT molecular complexity index is 418. The second-order valence-corrected chi connectivity index (χ2v) is 6.61. The van der Waals surface area contributed by atoms with Gasteiger partial charge >= 0.3 is 0 Å². The van der Waals surface area contributed by atoms with Crippen molar-refractivity contribution in [2.45, 2.75) is 37.6 Å². The fourth-order valence-corrected chi connectivity index (χ4v) is 3.92. The third-order valence-electron chi connectivity index (χ3n) is 3.63. The number of methoxy groups -OCH3 is 1. The first kappa shape index (κ1) is 13.6. The van der Waals surface area contributed by atoms with Crippen LogP contribution in [-0.2, 0) is 10.8 Å². The summed E-state index contributed by atoms with van der Waals surface area (Å²) in [5.41, 5.74) is 1.19. The Labute approximate surface area is 111 Å². The molecule has 1 aliphatic rings. The standard InChI is InChI=1S/C14H21NO2S/c1-4-12-9-18(16)10(2)14(15-12)11-5-7-13(17-3)8-6-11/h5-8,10,12,14-15H,4,9H2,1-3H3. The van der Waals surface area contributed by atoms with Gasteiger partial charge in [-0.2, -0.15) is 0 Å². The summed E-state index contributed by atoms with van der Waals surface area (Å²) in [6.45, 7) is 4.19. The van der Waals surface area contributed by atoms with Crippen LogP contribution in [-0.4, -0.2) is 28.4 Å². The maximum absolute atomic E-state index is 12.1. The van der Waals surface area contributed by atoms with Gasteiger partial charge in [0.1, 0.15) is 5.75 Å². The first-order valence-corrected chi connectivity index (χ1v) is 7.81. The van der Waals surface area contributed by atoms with Crippen LogP contribution in [0.4, 0.5) is 0 Å². The lowest BCUT2D eigenvalue weighted by Crippen LogP contribution is -2.48. The van der Waals surface area contributed by atoms with Crippen molar-refractivity contribution in [3.05, 3.63) is 29.8 Å². The molecule has 0 spiro atoms. The van der Waals surface area contributed by atoms with E-state index in [0.29, 0.717) is 6.04 Å². The van der Waals surface area contributed by atoms with E-state index in [1.54, 1.807) is 7.11 Å². The molecule has 0 radical (unpaired) electrons. The fraction of sp³-hybridized carbons (Fsp3) is 0.571. The largest absolute Gasteiger partial charge is 0.497 e. The molecule has 0 aromatic heterocycles. The normalized spacial score (nSPS) is 32.2. The minimum absolute atomic E-state index is 0.154. The summed E-state index contributed by atoms with van der Waals surface area (Å²) in [5.74, 6) is 1.63. The Kier molecular flexibility index (Phi) is 4.40. The molecule has 1 fully saturated rings. The van der Waals surface area contributed by atoms with E-state index < -0.39 is 10.8 Å². The zero-order valence-corrected chi connectivity index (χ0v) is 12.0. The van der Waals surface area contributed by atoms with Crippen LogP contribution < -0.4 is 10.1 Å². The second-order valence-electron chi connectivity index (χ2n) is 4.78. The molecule has 1 saturated heterocycles. The Morgan fingerprint density at radius 3 is 2.61 bits per heavy atom. The zero-order valence-electron chi connectivity index (χ0n) is 11.2. The molecule has 2 rings (SSSR count). The van der Waals surface area contributed by atoms with Gasteiger partial charge < -0.3 is 10.1 Å². The summed E-state index contributed by atoms with van der Waals surface area (Å²) >= 11 is 0. The van der Waals surface area contributed by atoms with Gasteiger partial charge in [-0.1, -0.05) is 19.1 Å². The van der Waals surface area contributed by atoms with E-state index in [9.17, 15) is 4.21 Å². The molecule has 0 amide bonds. The topological polar surface area (TPSA) is 38.3 Å². The Balaban J connectivity index is 2.20. The molecule has 4 unspecified atom stereocenters. The van der Waals surface area contributed by atoms with E-state index in [-0.39, 0.29) is 11.3 Å². The van der Waals surface area contributed by atoms with Crippen molar-refractivity contribution in [1.82, 2.24) is 5.32 Å². The second kappa shape index (κ2) is 5.85. The van der Waals surface area contributed by atoms with Crippen molar-refractivity contribution in [2.75, 3.05) is 12.9 Å². The average molecular weight is 267 g/mol. The number of benzene rings is 1. The number of ether oxygens (including phenoxy) is 1. The third-order valence-corrected chi connectivity index (χ3v) is 5.46. The van der Waals surface area contributed by atoms with Gasteiger partial charge in [-0.05, 0) is 31.0 Å². The summed E-state index contributed by atoms with van der Waals surface area (Å²) in [6, 6.07) is 8.57. The Morgan fingerprint density at radius 2 is 2.06 bits per heavy atom. The van der Waals surface area contributed by atoms with Gasteiger partial charge in [0.25, 0.3) is 0 Å². The molecule has 1 N–H and O–H groups in total. The number of hydrogen-bond donors (Lipinski definition) is 1. The van der Waals surface area contributed by atoms with Crippen molar-refractivity contribution < 1.29 is 8.95 Å². The SMILES string of the molecule is CCC1CS(=O)C(C)C(c2ccc(OC)cc2)N1. The molecule has 1 heterocycles.